The molecule has 4 rings (SSSR count). The molecule has 7 nitrogen and oxygen atoms in total. The molecule has 1 aromatic rings. The van der Waals surface area contributed by atoms with E-state index in [0.717, 1.165) is 37.8 Å². The van der Waals surface area contributed by atoms with Crippen LogP contribution in [0.1, 0.15) is 32.3 Å². The summed E-state index contributed by atoms with van der Waals surface area (Å²) < 4.78 is 47.2. The van der Waals surface area contributed by atoms with Gasteiger partial charge in [-0.15, -0.1) is 13.2 Å². The highest BCUT2D eigenvalue weighted by atomic mass is 19.4. The number of nitrogen functional groups attached to an aromatic ring is 1. The van der Waals surface area contributed by atoms with Crippen molar-refractivity contribution >= 4 is 17.2 Å². The predicted octanol–water partition coefficient (Wildman–Crippen LogP) is 3.13. The fraction of sp³-hybridized carbons (Fsp3) is 0.545. The molecule has 1 aromatic heterocycles. The molecule has 0 radical (unpaired) electrons. The van der Waals surface area contributed by atoms with Crippen LogP contribution >= 0.6 is 0 Å². The predicted molar refractivity (Wildman–Crippen MR) is 116 cm³/mol. The van der Waals surface area contributed by atoms with Gasteiger partial charge in [-0.3, -0.25) is 9.89 Å². The first-order chi connectivity index (χ1) is 15.0. The summed E-state index contributed by atoms with van der Waals surface area (Å²) in [6.07, 6.45) is 0.198. The number of pyridine rings is 1. The molecule has 4 N–H and O–H groups in total. The molecule has 0 spiro atoms. The Hall–Kier alpha value is -2.59. The van der Waals surface area contributed by atoms with Crippen LogP contribution in [-0.2, 0) is 4.74 Å². The van der Waals surface area contributed by atoms with E-state index >= 15 is 0 Å². The van der Waals surface area contributed by atoms with Gasteiger partial charge in [-0.1, -0.05) is 5.57 Å². The Labute approximate surface area is 185 Å². The Bertz CT molecular complexity index is 982. The number of aliphatic imine (C=N–C) groups is 1. The minimum atomic E-state index is -4.87. The minimum Gasteiger partial charge on any atom is -0.402 e. The van der Waals surface area contributed by atoms with Crippen molar-refractivity contribution in [3.63, 3.8) is 0 Å². The lowest BCUT2D eigenvalue weighted by Gasteiger charge is -2.38. The molecular formula is C22H28F3N5O2. The molecule has 32 heavy (non-hydrogen) atoms. The molecule has 1 saturated carbocycles. The fourth-order valence-electron chi connectivity index (χ4n) is 4.36. The van der Waals surface area contributed by atoms with Crippen LogP contribution in [0.2, 0.25) is 0 Å². The monoisotopic (exact) mass is 451 g/mol. The number of alkyl halides is 3. The number of likely N-dealkylation sites (N-methyl/N-ethyl adjacent to an activating group) is 1. The molecule has 0 bridgehead atoms. The van der Waals surface area contributed by atoms with Crippen LogP contribution in [0.25, 0.3) is 5.70 Å². The molecule has 3 aliphatic rings. The molecule has 0 aromatic carbocycles. The van der Waals surface area contributed by atoms with Crippen LogP contribution in [-0.4, -0.2) is 60.3 Å². The van der Waals surface area contributed by atoms with Crippen molar-refractivity contribution in [3.8, 4) is 5.75 Å². The fourth-order valence-corrected chi connectivity index (χ4v) is 4.36. The molecule has 2 aliphatic carbocycles. The first kappa shape index (κ1) is 22.6. The van der Waals surface area contributed by atoms with Gasteiger partial charge in [-0.25, -0.2) is 4.98 Å². The van der Waals surface area contributed by atoms with E-state index in [-0.39, 0.29) is 23.1 Å². The molecule has 2 fully saturated rings. The van der Waals surface area contributed by atoms with Gasteiger partial charge in [0, 0.05) is 35.5 Å². The number of halogens is 3. The SMILES string of the molecule is CC(C)N=C(C=C(N)c1cnc(N)c(OC(F)(F)F)c1)C1=C2CC(N(C)C3COC3)C[C@H]21. The second kappa shape index (κ2) is 8.40. The van der Waals surface area contributed by atoms with E-state index in [4.69, 9.17) is 21.2 Å². The Morgan fingerprint density at radius 3 is 2.59 bits per heavy atom. The maximum Gasteiger partial charge on any atom is 0.573 e. The number of aromatic nitrogens is 1. The van der Waals surface area contributed by atoms with E-state index in [1.54, 1.807) is 6.08 Å². The van der Waals surface area contributed by atoms with E-state index < -0.39 is 12.1 Å². The number of nitrogens with two attached hydrogens (primary N) is 2. The largest absolute Gasteiger partial charge is 0.573 e. The van der Waals surface area contributed by atoms with Crippen LogP contribution in [0.5, 0.6) is 5.75 Å². The van der Waals surface area contributed by atoms with Crippen molar-refractivity contribution in [2.75, 3.05) is 26.0 Å². The van der Waals surface area contributed by atoms with E-state index in [1.165, 1.54) is 17.3 Å². The third-order valence-electron chi connectivity index (χ3n) is 6.17. The smallest absolute Gasteiger partial charge is 0.402 e. The second-order valence-electron chi connectivity index (χ2n) is 8.80. The third-order valence-corrected chi connectivity index (χ3v) is 6.17. The molecule has 2 atom stereocenters. The van der Waals surface area contributed by atoms with E-state index in [2.05, 4.69) is 21.7 Å². The summed E-state index contributed by atoms with van der Waals surface area (Å²) in [4.78, 5) is 10.9. The van der Waals surface area contributed by atoms with Gasteiger partial charge in [0.2, 0.25) is 0 Å². The zero-order valence-corrected chi connectivity index (χ0v) is 18.3. The molecule has 1 aliphatic heterocycles. The number of rotatable bonds is 7. The number of ether oxygens (including phenoxy) is 2. The average Bonchev–Trinajstić information content (AvgIpc) is 3.13. The van der Waals surface area contributed by atoms with Crippen LogP contribution < -0.4 is 16.2 Å². The number of anilines is 1. The van der Waals surface area contributed by atoms with Crippen LogP contribution in [0, 0.1) is 5.92 Å². The summed E-state index contributed by atoms with van der Waals surface area (Å²) in [6.45, 7) is 5.53. The van der Waals surface area contributed by atoms with Crippen molar-refractivity contribution in [1.82, 2.24) is 9.88 Å². The standard InChI is InChI=1S/C22H28F3N5O2/c1-11(2)29-18(20-15-5-13(6-16(15)20)30(3)14-9-31-10-14)7-17(26)12-4-19(21(27)28-8-12)32-22(23,24)25/h4,7-8,11,13-15H,5-6,9-10,26H2,1-3H3,(H2,27,28)/t13?,15-/m1/s1. The Morgan fingerprint density at radius 2 is 2.06 bits per heavy atom. The second-order valence-corrected chi connectivity index (χ2v) is 8.80. The molecule has 10 heteroatoms. The maximum absolute atomic E-state index is 12.6. The van der Waals surface area contributed by atoms with Gasteiger partial charge in [0.25, 0.3) is 0 Å². The van der Waals surface area contributed by atoms with Gasteiger partial charge < -0.3 is 20.9 Å². The first-order valence-corrected chi connectivity index (χ1v) is 10.6. The zero-order chi connectivity index (χ0) is 23.2. The number of hydrogen-bond acceptors (Lipinski definition) is 7. The normalized spacial score (nSPS) is 24.2. The quantitative estimate of drug-likeness (QED) is 0.618. The average molecular weight is 451 g/mol. The summed E-state index contributed by atoms with van der Waals surface area (Å²) in [5.74, 6) is -0.549. The van der Waals surface area contributed by atoms with Crippen LogP contribution in [0.3, 0.4) is 0 Å². The van der Waals surface area contributed by atoms with Crippen molar-refractivity contribution in [2.45, 2.75) is 51.2 Å². The molecular weight excluding hydrogens is 423 g/mol. The lowest BCUT2D eigenvalue weighted by Crippen LogP contribution is -2.50. The Morgan fingerprint density at radius 1 is 1.34 bits per heavy atom. The van der Waals surface area contributed by atoms with Gasteiger partial charge in [0.15, 0.2) is 11.6 Å². The van der Waals surface area contributed by atoms with Gasteiger partial charge in [-0.05, 0) is 51.5 Å². The Kier molecular flexibility index (Phi) is 5.93. The van der Waals surface area contributed by atoms with E-state index in [9.17, 15) is 13.2 Å². The minimum absolute atomic E-state index is 0.0442. The van der Waals surface area contributed by atoms with Gasteiger partial charge in [0.05, 0.1) is 25.0 Å². The van der Waals surface area contributed by atoms with Crippen molar-refractivity contribution < 1.29 is 22.6 Å². The molecule has 1 unspecified atom stereocenters. The first-order valence-electron chi connectivity index (χ1n) is 10.6. The summed E-state index contributed by atoms with van der Waals surface area (Å²) in [5, 5.41) is 0. The summed E-state index contributed by atoms with van der Waals surface area (Å²) >= 11 is 0. The summed E-state index contributed by atoms with van der Waals surface area (Å²) in [7, 11) is 2.15. The van der Waals surface area contributed by atoms with Crippen molar-refractivity contribution in [1.29, 1.82) is 0 Å². The highest BCUT2D eigenvalue weighted by Crippen LogP contribution is 2.54. The van der Waals surface area contributed by atoms with E-state index in [1.807, 2.05) is 13.8 Å². The van der Waals surface area contributed by atoms with Crippen LogP contribution in [0.4, 0.5) is 19.0 Å². The van der Waals surface area contributed by atoms with E-state index in [0.29, 0.717) is 18.0 Å². The number of fused-ring (bicyclic) bond motifs is 1. The number of nitrogens with zero attached hydrogens (tertiary/aromatic N) is 3. The lowest BCUT2D eigenvalue weighted by molar-refractivity contribution is -0.274. The maximum atomic E-state index is 12.6. The van der Waals surface area contributed by atoms with Crippen LogP contribution in [0.15, 0.2) is 34.5 Å². The van der Waals surface area contributed by atoms with Crippen molar-refractivity contribution in [2.24, 2.45) is 16.6 Å². The highest BCUT2D eigenvalue weighted by Gasteiger charge is 2.48. The molecule has 174 valence electrons. The highest BCUT2D eigenvalue weighted by molar-refractivity contribution is 6.16. The molecule has 2 heterocycles. The lowest BCUT2D eigenvalue weighted by atomic mass is 10.0. The molecule has 1 saturated heterocycles. The zero-order valence-electron chi connectivity index (χ0n) is 18.3. The van der Waals surface area contributed by atoms with Crippen molar-refractivity contribution in [3.05, 3.63) is 35.0 Å². The number of allylic oxidation sites excluding steroid dienone is 2. The number of hydrogen-bond donors (Lipinski definition) is 2. The summed E-state index contributed by atoms with van der Waals surface area (Å²) in [6, 6.07) is 2.18. The van der Waals surface area contributed by atoms with Gasteiger partial charge >= 0.3 is 6.36 Å². The van der Waals surface area contributed by atoms with Gasteiger partial charge in [0.1, 0.15) is 0 Å². The topological polar surface area (TPSA) is 99.0 Å². The molecule has 0 amide bonds. The summed E-state index contributed by atoms with van der Waals surface area (Å²) in [5.41, 5.74) is 15.7. The van der Waals surface area contributed by atoms with Gasteiger partial charge in [-0.2, -0.15) is 0 Å². The Balaban J connectivity index is 1.54. The third kappa shape index (κ3) is 4.75.